The Bertz CT molecular complexity index is 446. The summed E-state index contributed by atoms with van der Waals surface area (Å²) in [5, 5.41) is 13.9. The van der Waals surface area contributed by atoms with Crippen LogP contribution in [0.3, 0.4) is 0 Å². The first-order valence-corrected chi connectivity index (χ1v) is 6.14. The van der Waals surface area contributed by atoms with Crippen LogP contribution in [0.5, 0.6) is 0 Å². The van der Waals surface area contributed by atoms with E-state index < -0.39 is 6.10 Å². The van der Waals surface area contributed by atoms with Crippen LogP contribution in [0.4, 0.5) is 5.13 Å². The number of anilines is 1. The summed E-state index contributed by atoms with van der Waals surface area (Å²) in [6, 6.07) is 0. The van der Waals surface area contributed by atoms with Crippen molar-refractivity contribution in [3.05, 3.63) is 11.1 Å². The summed E-state index contributed by atoms with van der Waals surface area (Å²) < 4.78 is 0. The number of aliphatic hydroxyl groups excluding tert-OH is 1. The fourth-order valence-corrected chi connectivity index (χ4v) is 2.40. The number of thiazole rings is 1. The Labute approximate surface area is 102 Å². The summed E-state index contributed by atoms with van der Waals surface area (Å²) >= 11 is 1.21. The first-order valence-electron chi connectivity index (χ1n) is 5.26. The molecule has 7 heteroatoms. The van der Waals surface area contributed by atoms with Gasteiger partial charge in [0.05, 0.1) is 6.10 Å². The minimum Gasteiger partial charge on any atom is -0.391 e. The Morgan fingerprint density at radius 2 is 2.41 bits per heavy atom. The van der Waals surface area contributed by atoms with E-state index in [2.05, 4.69) is 10.3 Å². The largest absolute Gasteiger partial charge is 0.391 e. The molecular weight excluding hydrogens is 242 g/mol. The van der Waals surface area contributed by atoms with E-state index >= 15 is 0 Å². The number of hydrogen-bond donors (Lipinski definition) is 2. The Hall–Kier alpha value is -1.47. The molecule has 17 heavy (non-hydrogen) atoms. The number of nitrogens with one attached hydrogen (secondary N) is 1. The van der Waals surface area contributed by atoms with E-state index in [9.17, 15) is 14.7 Å². The first kappa shape index (κ1) is 12.0. The number of carbonyl (C=O) groups is 2. The molecule has 2 amide bonds. The lowest BCUT2D eigenvalue weighted by atomic mass is 10.3. The lowest BCUT2D eigenvalue weighted by molar-refractivity contribution is -0.114. The van der Waals surface area contributed by atoms with Gasteiger partial charge in [-0.25, -0.2) is 4.98 Å². The SMILES string of the molecule is CC(=O)Nc1nc(C(=O)N2CC[C@@H](O)C2)cs1. The van der Waals surface area contributed by atoms with Crippen molar-refractivity contribution in [3.8, 4) is 0 Å². The van der Waals surface area contributed by atoms with Crippen LogP contribution < -0.4 is 5.32 Å². The molecule has 0 spiro atoms. The molecule has 1 aromatic heterocycles. The second kappa shape index (κ2) is 4.80. The molecule has 2 heterocycles. The molecule has 0 saturated carbocycles. The van der Waals surface area contributed by atoms with Crippen LogP contribution in [0.25, 0.3) is 0 Å². The van der Waals surface area contributed by atoms with E-state index in [-0.39, 0.29) is 11.8 Å². The van der Waals surface area contributed by atoms with Gasteiger partial charge >= 0.3 is 0 Å². The zero-order valence-corrected chi connectivity index (χ0v) is 10.2. The number of carbonyl (C=O) groups excluding carboxylic acids is 2. The normalized spacial score (nSPS) is 19.4. The maximum absolute atomic E-state index is 11.9. The molecule has 0 unspecified atom stereocenters. The van der Waals surface area contributed by atoms with Crippen molar-refractivity contribution in [1.29, 1.82) is 0 Å². The number of nitrogens with zero attached hydrogens (tertiary/aromatic N) is 2. The van der Waals surface area contributed by atoms with Crippen LogP contribution in [-0.2, 0) is 4.79 Å². The highest BCUT2D eigenvalue weighted by molar-refractivity contribution is 7.14. The lowest BCUT2D eigenvalue weighted by Crippen LogP contribution is -2.29. The fraction of sp³-hybridized carbons (Fsp3) is 0.500. The molecule has 0 aromatic carbocycles. The van der Waals surface area contributed by atoms with Crippen LogP contribution >= 0.6 is 11.3 Å². The molecule has 1 saturated heterocycles. The van der Waals surface area contributed by atoms with E-state index in [0.29, 0.717) is 30.3 Å². The van der Waals surface area contributed by atoms with Gasteiger partial charge in [-0.15, -0.1) is 11.3 Å². The first-order chi connectivity index (χ1) is 8.06. The number of hydrogen-bond acceptors (Lipinski definition) is 5. The van der Waals surface area contributed by atoms with Gasteiger partial charge in [0.25, 0.3) is 5.91 Å². The monoisotopic (exact) mass is 255 g/mol. The van der Waals surface area contributed by atoms with Crippen LogP contribution in [0, 0.1) is 0 Å². The number of likely N-dealkylation sites (tertiary alicyclic amines) is 1. The van der Waals surface area contributed by atoms with Crippen molar-refractivity contribution in [2.75, 3.05) is 18.4 Å². The van der Waals surface area contributed by atoms with E-state index in [1.165, 1.54) is 18.3 Å². The van der Waals surface area contributed by atoms with Crippen molar-refractivity contribution in [2.45, 2.75) is 19.4 Å². The van der Waals surface area contributed by atoms with Gasteiger partial charge in [0.15, 0.2) is 5.13 Å². The minimum atomic E-state index is -0.438. The second-order valence-corrected chi connectivity index (χ2v) is 4.77. The third kappa shape index (κ3) is 2.80. The van der Waals surface area contributed by atoms with Gasteiger partial charge < -0.3 is 15.3 Å². The summed E-state index contributed by atoms with van der Waals surface area (Å²) in [5.41, 5.74) is 0.313. The van der Waals surface area contributed by atoms with E-state index in [4.69, 9.17) is 0 Å². The van der Waals surface area contributed by atoms with Gasteiger partial charge in [-0.05, 0) is 6.42 Å². The zero-order chi connectivity index (χ0) is 12.4. The summed E-state index contributed by atoms with van der Waals surface area (Å²) in [6.07, 6.45) is 0.168. The third-order valence-electron chi connectivity index (χ3n) is 2.46. The highest BCUT2D eigenvalue weighted by atomic mass is 32.1. The molecule has 6 nitrogen and oxygen atoms in total. The van der Waals surface area contributed by atoms with Crippen molar-refractivity contribution in [3.63, 3.8) is 0 Å². The average molecular weight is 255 g/mol. The molecule has 1 aromatic rings. The fourth-order valence-electron chi connectivity index (χ4n) is 1.67. The second-order valence-electron chi connectivity index (χ2n) is 3.91. The topological polar surface area (TPSA) is 82.5 Å². The average Bonchev–Trinajstić information content (AvgIpc) is 2.85. The summed E-state index contributed by atoms with van der Waals surface area (Å²) in [4.78, 5) is 28.4. The van der Waals surface area contributed by atoms with Crippen LogP contribution in [0.1, 0.15) is 23.8 Å². The molecule has 1 aliphatic rings. The van der Waals surface area contributed by atoms with Crippen molar-refractivity contribution in [2.24, 2.45) is 0 Å². The third-order valence-corrected chi connectivity index (χ3v) is 3.21. The molecule has 1 aliphatic heterocycles. The Balaban J connectivity index is 2.04. The molecule has 0 radical (unpaired) electrons. The molecule has 2 rings (SSSR count). The highest BCUT2D eigenvalue weighted by Gasteiger charge is 2.26. The minimum absolute atomic E-state index is 0.200. The molecule has 2 N–H and O–H groups in total. The number of rotatable bonds is 2. The number of β-amino-alcohol motifs (C(OH)–C–C–N with tert-alkyl or cyclic N) is 1. The molecule has 0 aliphatic carbocycles. The maximum atomic E-state index is 11.9. The van der Waals surface area contributed by atoms with Gasteiger partial charge in [-0.2, -0.15) is 0 Å². The van der Waals surface area contributed by atoms with Crippen LogP contribution in [0.15, 0.2) is 5.38 Å². The smallest absolute Gasteiger partial charge is 0.273 e. The van der Waals surface area contributed by atoms with Gasteiger partial charge in [0.2, 0.25) is 5.91 Å². The number of amides is 2. The summed E-state index contributed by atoms with van der Waals surface area (Å²) in [7, 11) is 0. The van der Waals surface area contributed by atoms with Gasteiger partial charge in [0, 0.05) is 25.4 Å². The van der Waals surface area contributed by atoms with Crippen molar-refractivity contribution < 1.29 is 14.7 Å². The molecule has 0 bridgehead atoms. The highest BCUT2D eigenvalue weighted by Crippen LogP contribution is 2.19. The summed E-state index contributed by atoms with van der Waals surface area (Å²) in [5.74, 6) is -0.413. The predicted molar refractivity (Wildman–Crippen MR) is 62.9 cm³/mol. The van der Waals surface area contributed by atoms with Crippen LogP contribution in [0.2, 0.25) is 0 Å². The standard InChI is InChI=1S/C10H13N3O3S/c1-6(14)11-10-12-8(5-17-10)9(16)13-3-2-7(15)4-13/h5,7,15H,2-4H2,1H3,(H,11,12,14)/t7-/m1/s1. The Morgan fingerprint density at radius 3 is 3.00 bits per heavy atom. The predicted octanol–water partition coefficient (Wildman–Crippen LogP) is 0.308. The summed E-state index contributed by atoms with van der Waals surface area (Å²) in [6.45, 7) is 2.29. The van der Waals surface area contributed by atoms with E-state index in [1.807, 2.05) is 0 Å². The molecular formula is C10H13N3O3S. The van der Waals surface area contributed by atoms with Gasteiger partial charge in [-0.3, -0.25) is 9.59 Å². The van der Waals surface area contributed by atoms with Crippen molar-refractivity contribution >= 4 is 28.3 Å². The van der Waals surface area contributed by atoms with Crippen LogP contribution in [-0.4, -0.2) is 46.0 Å². The number of aromatic nitrogens is 1. The maximum Gasteiger partial charge on any atom is 0.273 e. The van der Waals surface area contributed by atoms with E-state index in [0.717, 1.165) is 0 Å². The number of aliphatic hydroxyl groups is 1. The van der Waals surface area contributed by atoms with Gasteiger partial charge in [-0.1, -0.05) is 0 Å². The van der Waals surface area contributed by atoms with Gasteiger partial charge in [0.1, 0.15) is 5.69 Å². The van der Waals surface area contributed by atoms with E-state index in [1.54, 1.807) is 10.3 Å². The molecule has 1 fully saturated rings. The van der Waals surface area contributed by atoms with Crippen molar-refractivity contribution in [1.82, 2.24) is 9.88 Å². The lowest BCUT2D eigenvalue weighted by Gasteiger charge is -2.13. The Kier molecular flexibility index (Phi) is 3.39. The zero-order valence-electron chi connectivity index (χ0n) is 9.34. The molecule has 92 valence electrons. The molecule has 1 atom stereocenters. The quantitative estimate of drug-likeness (QED) is 0.796. The Morgan fingerprint density at radius 1 is 1.65 bits per heavy atom.